The Bertz CT molecular complexity index is 1360. The second kappa shape index (κ2) is 9.10. The second-order valence-corrected chi connectivity index (χ2v) is 8.61. The van der Waals surface area contributed by atoms with Crippen molar-refractivity contribution in [3.63, 3.8) is 0 Å². The zero-order valence-corrected chi connectivity index (χ0v) is 20.4. The summed E-state index contributed by atoms with van der Waals surface area (Å²) in [5, 5.41) is 20.8. The number of hydrogen-bond acceptors (Lipinski definition) is 5. The van der Waals surface area contributed by atoms with E-state index in [-0.39, 0.29) is 11.5 Å². The Hall–Kier alpha value is -3.99. The van der Waals surface area contributed by atoms with Crippen LogP contribution in [-0.2, 0) is 0 Å². The van der Waals surface area contributed by atoms with Crippen LogP contribution in [0.25, 0.3) is 28.3 Å². The van der Waals surface area contributed by atoms with Crippen molar-refractivity contribution in [1.29, 1.82) is 0 Å². The van der Waals surface area contributed by atoms with Gasteiger partial charge in [0.1, 0.15) is 11.5 Å². The minimum atomic E-state index is -0.0437. The van der Waals surface area contributed by atoms with Crippen LogP contribution in [-0.4, -0.2) is 25.2 Å². The van der Waals surface area contributed by atoms with Crippen molar-refractivity contribution in [2.45, 2.75) is 41.5 Å². The summed E-state index contributed by atoms with van der Waals surface area (Å²) in [6, 6.07) is 15.4. The molecule has 5 nitrogen and oxygen atoms in total. The molecule has 1 aromatic heterocycles. The summed E-state index contributed by atoms with van der Waals surface area (Å²) in [6.07, 6.45) is 2.00. The van der Waals surface area contributed by atoms with Crippen LogP contribution >= 0.6 is 0 Å². The molecule has 0 unspecified atom stereocenters. The van der Waals surface area contributed by atoms with Gasteiger partial charge in [0.05, 0.1) is 5.56 Å². The first-order valence-electron chi connectivity index (χ1n) is 11.3. The lowest BCUT2D eigenvalue weighted by molar-refractivity contribution is 0.444. The molecule has 0 saturated carbocycles. The van der Waals surface area contributed by atoms with Gasteiger partial charge >= 0.3 is 0 Å². The summed E-state index contributed by atoms with van der Waals surface area (Å²) < 4.78 is 0. The number of nitrogens with zero attached hydrogens (tertiary/aromatic N) is 3. The Morgan fingerprint density at radius 1 is 0.676 bits per heavy atom. The van der Waals surface area contributed by atoms with E-state index in [2.05, 4.69) is 45.9 Å². The Morgan fingerprint density at radius 3 is 2.00 bits per heavy atom. The average molecular weight is 452 g/mol. The molecular weight excluding hydrogens is 422 g/mol. The molecule has 0 amide bonds. The summed E-state index contributed by atoms with van der Waals surface area (Å²) in [6.45, 7) is 11.9. The first kappa shape index (κ1) is 23.2. The maximum atomic E-state index is 10.8. The molecule has 0 spiro atoms. The lowest BCUT2D eigenvalue weighted by atomic mass is 9.97. The van der Waals surface area contributed by atoms with E-state index in [1.165, 1.54) is 11.1 Å². The van der Waals surface area contributed by atoms with Crippen molar-refractivity contribution in [3.05, 3.63) is 93.8 Å². The van der Waals surface area contributed by atoms with Gasteiger partial charge in [0.15, 0.2) is 17.5 Å². The molecule has 0 fully saturated rings. The monoisotopic (exact) mass is 451 g/mol. The van der Waals surface area contributed by atoms with Crippen LogP contribution in [0.15, 0.2) is 54.6 Å². The fourth-order valence-corrected chi connectivity index (χ4v) is 4.09. The Morgan fingerprint density at radius 2 is 1.32 bits per heavy atom. The molecule has 3 aromatic carbocycles. The Kier molecular flexibility index (Phi) is 6.20. The van der Waals surface area contributed by atoms with E-state index in [0.717, 1.165) is 27.8 Å². The number of benzene rings is 3. The standard InChI is InChI=1S/C29H29N3O2/c1-7-21(22-11-9-8-10-17(22)3)27-30-28(23-13-12-16(2)18(4)19(23)5)32-29(31-27)24-14-15-25(33)20(6)26(24)34/h7-15,33-34H,1-6H3/b21-7+. The van der Waals surface area contributed by atoms with E-state index >= 15 is 0 Å². The highest BCUT2D eigenvalue weighted by molar-refractivity contribution is 5.80. The topological polar surface area (TPSA) is 79.1 Å². The van der Waals surface area contributed by atoms with Gasteiger partial charge in [-0.15, -0.1) is 0 Å². The van der Waals surface area contributed by atoms with Crippen LogP contribution in [0.5, 0.6) is 11.5 Å². The first-order valence-corrected chi connectivity index (χ1v) is 11.3. The van der Waals surface area contributed by atoms with E-state index in [1.807, 2.05) is 31.2 Å². The highest BCUT2D eigenvalue weighted by atomic mass is 16.3. The molecule has 0 atom stereocenters. The van der Waals surface area contributed by atoms with Crippen LogP contribution in [0, 0.1) is 34.6 Å². The fraction of sp³-hybridized carbons (Fsp3) is 0.207. The molecule has 4 rings (SSSR count). The van der Waals surface area contributed by atoms with Gasteiger partial charge in [0.2, 0.25) is 0 Å². The average Bonchev–Trinajstić information content (AvgIpc) is 2.82. The molecule has 5 heteroatoms. The Labute approximate surface area is 200 Å². The second-order valence-electron chi connectivity index (χ2n) is 8.61. The number of aromatic hydroxyl groups is 2. The zero-order chi connectivity index (χ0) is 24.6. The van der Waals surface area contributed by atoms with Crippen molar-refractivity contribution < 1.29 is 10.2 Å². The lowest BCUT2D eigenvalue weighted by Crippen LogP contribution is -2.06. The van der Waals surface area contributed by atoms with Crippen molar-refractivity contribution in [2.75, 3.05) is 0 Å². The molecule has 0 bridgehead atoms. The molecule has 1 heterocycles. The summed E-state index contributed by atoms with van der Waals surface area (Å²) in [4.78, 5) is 14.5. The third-order valence-electron chi connectivity index (χ3n) is 6.54. The first-order chi connectivity index (χ1) is 16.2. The number of allylic oxidation sites excluding steroid dienone is 1. The fourth-order valence-electron chi connectivity index (χ4n) is 4.09. The van der Waals surface area contributed by atoms with Gasteiger partial charge in [-0.2, -0.15) is 0 Å². The minimum absolute atomic E-state index is 0.0230. The van der Waals surface area contributed by atoms with Gasteiger partial charge in [-0.1, -0.05) is 42.5 Å². The van der Waals surface area contributed by atoms with Gasteiger partial charge in [-0.05, 0) is 81.5 Å². The number of aryl methyl sites for hydroxylation is 2. The van der Waals surface area contributed by atoms with Crippen LogP contribution in [0.4, 0.5) is 0 Å². The van der Waals surface area contributed by atoms with Crippen molar-refractivity contribution in [1.82, 2.24) is 15.0 Å². The molecule has 0 saturated heterocycles. The van der Waals surface area contributed by atoms with Crippen LogP contribution in [0.3, 0.4) is 0 Å². The van der Waals surface area contributed by atoms with Gasteiger partial charge in [0.25, 0.3) is 0 Å². The molecular formula is C29H29N3O2. The highest BCUT2D eigenvalue weighted by Gasteiger charge is 2.20. The molecule has 0 aliphatic carbocycles. The van der Waals surface area contributed by atoms with E-state index in [1.54, 1.807) is 19.1 Å². The predicted octanol–water partition coefficient (Wildman–Crippen LogP) is 6.61. The number of hydrogen-bond donors (Lipinski definition) is 2. The number of aromatic nitrogens is 3. The Balaban J connectivity index is 2.02. The molecule has 0 aliphatic heterocycles. The van der Waals surface area contributed by atoms with Gasteiger partial charge in [-0.3, -0.25) is 0 Å². The SMILES string of the molecule is C/C=C(/c1nc(-c2ccc(C)c(C)c2C)nc(-c2ccc(O)c(C)c2O)n1)c1ccccc1C. The van der Waals surface area contributed by atoms with E-state index in [9.17, 15) is 10.2 Å². The normalized spacial score (nSPS) is 11.6. The van der Waals surface area contributed by atoms with E-state index in [4.69, 9.17) is 15.0 Å². The molecule has 4 aromatic rings. The van der Waals surface area contributed by atoms with E-state index < -0.39 is 0 Å². The van der Waals surface area contributed by atoms with Gasteiger partial charge in [0, 0.05) is 16.7 Å². The lowest BCUT2D eigenvalue weighted by Gasteiger charge is -2.15. The van der Waals surface area contributed by atoms with Crippen LogP contribution in [0.1, 0.15) is 46.1 Å². The molecule has 0 aliphatic rings. The largest absolute Gasteiger partial charge is 0.508 e. The van der Waals surface area contributed by atoms with Gasteiger partial charge < -0.3 is 10.2 Å². The van der Waals surface area contributed by atoms with Gasteiger partial charge in [-0.25, -0.2) is 15.0 Å². The molecule has 34 heavy (non-hydrogen) atoms. The maximum Gasteiger partial charge on any atom is 0.167 e. The maximum absolute atomic E-state index is 10.8. The summed E-state index contributed by atoms with van der Waals surface area (Å²) >= 11 is 0. The third kappa shape index (κ3) is 4.05. The summed E-state index contributed by atoms with van der Waals surface area (Å²) in [5.74, 6) is 1.40. The summed E-state index contributed by atoms with van der Waals surface area (Å²) in [7, 11) is 0. The number of phenols is 2. The minimum Gasteiger partial charge on any atom is -0.508 e. The third-order valence-corrected chi connectivity index (χ3v) is 6.54. The van der Waals surface area contributed by atoms with Crippen molar-refractivity contribution in [3.8, 4) is 34.3 Å². The highest BCUT2D eigenvalue weighted by Crippen LogP contribution is 2.37. The zero-order valence-electron chi connectivity index (χ0n) is 20.4. The molecule has 0 radical (unpaired) electrons. The van der Waals surface area contributed by atoms with Crippen molar-refractivity contribution in [2.24, 2.45) is 0 Å². The smallest absolute Gasteiger partial charge is 0.167 e. The van der Waals surface area contributed by atoms with Crippen LogP contribution in [0.2, 0.25) is 0 Å². The molecule has 2 N–H and O–H groups in total. The van der Waals surface area contributed by atoms with Crippen LogP contribution < -0.4 is 0 Å². The number of phenolic OH excluding ortho intramolecular Hbond substituents is 2. The number of rotatable bonds is 4. The van der Waals surface area contributed by atoms with Crippen molar-refractivity contribution >= 4 is 5.57 Å². The quantitative estimate of drug-likeness (QED) is 0.365. The summed E-state index contributed by atoms with van der Waals surface area (Å²) in [5.41, 5.74) is 8.29. The predicted molar refractivity (Wildman–Crippen MR) is 137 cm³/mol. The molecule has 172 valence electrons. The van der Waals surface area contributed by atoms with E-state index in [0.29, 0.717) is 28.6 Å².